The molecule has 7 heteroatoms. The minimum atomic E-state index is -0.526. The van der Waals surface area contributed by atoms with Gasteiger partial charge in [0.05, 0.1) is 0 Å². The summed E-state index contributed by atoms with van der Waals surface area (Å²) in [5.74, 6) is -0.0269. The summed E-state index contributed by atoms with van der Waals surface area (Å²) >= 11 is 0. The average Bonchev–Trinajstić information content (AvgIpc) is 3.11. The summed E-state index contributed by atoms with van der Waals surface area (Å²) in [5.41, 5.74) is 0.250. The van der Waals surface area contributed by atoms with Crippen LogP contribution in [-0.2, 0) is 4.74 Å². The molecule has 0 N–H and O–H groups in total. The van der Waals surface area contributed by atoms with E-state index in [-0.39, 0.29) is 23.7 Å². The normalized spacial score (nSPS) is 15.7. The molecule has 26 heavy (non-hydrogen) atoms. The number of ether oxygens (including phenoxy) is 1. The molecule has 0 saturated carbocycles. The fraction of sp³-hybridized carbons (Fsp3) is 0.474. The van der Waals surface area contributed by atoms with Gasteiger partial charge in [-0.2, -0.15) is 0 Å². The van der Waals surface area contributed by atoms with Gasteiger partial charge in [0.1, 0.15) is 5.60 Å². The van der Waals surface area contributed by atoms with E-state index in [0.29, 0.717) is 31.8 Å². The standard InChI is InChI=1S/C19H23N3O4/c1-19(2,3)26-18(24)22-11-9-13(10-12-22)15(23)17-21-20-16(25-17)14-7-5-4-6-8-14/h4-8,13H,9-12H2,1-3H3. The summed E-state index contributed by atoms with van der Waals surface area (Å²) in [6.45, 7) is 6.46. The van der Waals surface area contributed by atoms with E-state index < -0.39 is 5.60 Å². The van der Waals surface area contributed by atoms with Crippen molar-refractivity contribution in [2.24, 2.45) is 5.92 Å². The fourth-order valence-electron chi connectivity index (χ4n) is 2.85. The van der Waals surface area contributed by atoms with E-state index in [2.05, 4.69) is 10.2 Å². The number of amides is 1. The van der Waals surface area contributed by atoms with Gasteiger partial charge in [-0.25, -0.2) is 4.79 Å². The molecule has 1 aliphatic heterocycles. The van der Waals surface area contributed by atoms with Crippen LogP contribution in [0.1, 0.15) is 44.3 Å². The summed E-state index contributed by atoms with van der Waals surface area (Å²) in [6.07, 6.45) is 0.773. The average molecular weight is 357 g/mol. The molecule has 1 saturated heterocycles. The van der Waals surface area contributed by atoms with Crippen molar-refractivity contribution in [3.05, 3.63) is 36.2 Å². The van der Waals surface area contributed by atoms with Crippen molar-refractivity contribution in [1.82, 2.24) is 15.1 Å². The minimum Gasteiger partial charge on any atom is -0.444 e. The first-order valence-corrected chi connectivity index (χ1v) is 8.74. The topological polar surface area (TPSA) is 85.5 Å². The molecule has 0 aliphatic carbocycles. The molecule has 1 aromatic heterocycles. The first-order valence-electron chi connectivity index (χ1n) is 8.74. The minimum absolute atomic E-state index is 0.0274. The maximum Gasteiger partial charge on any atom is 0.410 e. The number of hydrogen-bond donors (Lipinski definition) is 0. The number of nitrogens with zero attached hydrogens (tertiary/aromatic N) is 3. The van der Waals surface area contributed by atoms with Crippen molar-refractivity contribution >= 4 is 11.9 Å². The highest BCUT2D eigenvalue weighted by Gasteiger charge is 2.32. The van der Waals surface area contributed by atoms with E-state index >= 15 is 0 Å². The zero-order valence-corrected chi connectivity index (χ0v) is 15.3. The van der Waals surface area contributed by atoms with Crippen LogP contribution in [0, 0.1) is 5.92 Å². The van der Waals surface area contributed by atoms with Crippen LogP contribution in [0.2, 0.25) is 0 Å². The van der Waals surface area contributed by atoms with Crippen molar-refractivity contribution in [3.63, 3.8) is 0 Å². The van der Waals surface area contributed by atoms with E-state index in [1.165, 1.54) is 0 Å². The lowest BCUT2D eigenvalue weighted by Gasteiger charge is -2.32. The molecule has 3 rings (SSSR count). The first kappa shape index (κ1) is 18.1. The molecule has 138 valence electrons. The number of likely N-dealkylation sites (tertiary alicyclic amines) is 1. The number of ketones is 1. The lowest BCUT2D eigenvalue weighted by atomic mass is 9.92. The molecule has 0 unspecified atom stereocenters. The molecule has 0 bridgehead atoms. The molecule has 0 atom stereocenters. The van der Waals surface area contributed by atoms with Gasteiger partial charge in [-0.15, -0.1) is 10.2 Å². The van der Waals surface area contributed by atoms with Gasteiger partial charge in [-0.3, -0.25) is 4.79 Å². The Morgan fingerprint density at radius 1 is 1.12 bits per heavy atom. The fourth-order valence-corrected chi connectivity index (χ4v) is 2.85. The van der Waals surface area contributed by atoms with Gasteiger partial charge in [0.15, 0.2) is 0 Å². The third-order valence-corrected chi connectivity index (χ3v) is 4.17. The Hall–Kier alpha value is -2.70. The van der Waals surface area contributed by atoms with Crippen LogP contribution in [0.4, 0.5) is 4.79 Å². The van der Waals surface area contributed by atoms with Gasteiger partial charge in [0.2, 0.25) is 11.7 Å². The number of Topliss-reactive ketones (excluding diaryl/α,β-unsaturated/α-hetero) is 1. The Kier molecular flexibility index (Phi) is 5.06. The molecule has 1 fully saturated rings. The van der Waals surface area contributed by atoms with Crippen LogP contribution in [0.25, 0.3) is 11.5 Å². The van der Waals surface area contributed by atoms with Crippen LogP contribution >= 0.6 is 0 Å². The van der Waals surface area contributed by atoms with Crippen molar-refractivity contribution < 1.29 is 18.7 Å². The van der Waals surface area contributed by atoms with Gasteiger partial charge in [0.25, 0.3) is 5.89 Å². The second kappa shape index (κ2) is 7.27. The molecular weight excluding hydrogens is 334 g/mol. The zero-order chi connectivity index (χ0) is 18.7. The SMILES string of the molecule is CC(C)(C)OC(=O)N1CCC(C(=O)c2nnc(-c3ccccc3)o2)CC1. The molecule has 0 spiro atoms. The predicted molar refractivity (Wildman–Crippen MR) is 94.6 cm³/mol. The Labute approximate surface area is 152 Å². The smallest absolute Gasteiger partial charge is 0.410 e. The van der Waals surface area contributed by atoms with Crippen molar-refractivity contribution in [2.45, 2.75) is 39.2 Å². The number of piperidine rings is 1. The summed E-state index contributed by atoms with van der Waals surface area (Å²) in [5, 5.41) is 7.86. The molecule has 1 aromatic carbocycles. The third-order valence-electron chi connectivity index (χ3n) is 4.17. The van der Waals surface area contributed by atoms with Gasteiger partial charge >= 0.3 is 6.09 Å². The lowest BCUT2D eigenvalue weighted by Crippen LogP contribution is -2.43. The second-order valence-electron chi connectivity index (χ2n) is 7.38. The summed E-state index contributed by atoms with van der Waals surface area (Å²) in [6, 6.07) is 9.33. The van der Waals surface area contributed by atoms with Gasteiger partial charge < -0.3 is 14.1 Å². The lowest BCUT2D eigenvalue weighted by molar-refractivity contribution is 0.0180. The predicted octanol–water partition coefficient (Wildman–Crippen LogP) is 3.57. The van der Waals surface area contributed by atoms with Crippen molar-refractivity contribution in [3.8, 4) is 11.5 Å². The summed E-state index contributed by atoms with van der Waals surface area (Å²) in [7, 11) is 0. The van der Waals surface area contributed by atoms with E-state index in [1.54, 1.807) is 4.90 Å². The number of benzene rings is 1. The Balaban J connectivity index is 1.59. The van der Waals surface area contributed by atoms with Crippen LogP contribution in [0.3, 0.4) is 0 Å². The molecule has 2 heterocycles. The number of rotatable bonds is 3. The van der Waals surface area contributed by atoms with E-state index in [4.69, 9.17) is 9.15 Å². The molecule has 1 aliphatic rings. The number of carbonyl (C=O) groups is 2. The molecule has 7 nitrogen and oxygen atoms in total. The quantitative estimate of drug-likeness (QED) is 0.781. The molecule has 0 radical (unpaired) electrons. The van der Waals surface area contributed by atoms with Crippen molar-refractivity contribution in [2.75, 3.05) is 13.1 Å². The Bertz CT molecular complexity index is 772. The van der Waals surface area contributed by atoms with Crippen LogP contribution < -0.4 is 0 Å². The first-order chi connectivity index (χ1) is 12.3. The monoisotopic (exact) mass is 357 g/mol. The Morgan fingerprint density at radius 2 is 1.77 bits per heavy atom. The van der Waals surface area contributed by atoms with Crippen LogP contribution in [-0.4, -0.2) is 45.7 Å². The second-order valence-corrected chi connectivity index (χ2v) is 7.38. The maximum absolute atomic E-state index is 12.6. The third kappa shape index (κ3) is 4.28. The van der Waals surface area contributed by atoms with Gasteiger partial charge in [-0.05, 0) is 45.7 Å². The summed E-state index contributed by atoms with van der Waals surface area (Å²) < 4.78 is 10.9. The molecule has 1 amide bonds. The van der Waals surface area contributed by atoms with Crippen LogP contribution in [0.5, 0.6) is 0 Å². The summed E-state index contributed by atoms with van der Waals surface area (Å²) in [4.78, 5) is 26.4. The van der Waals surface area contributed by atoms with Crippen LogP contribution in [0.15, 0.2) is 34.7 Å². The highest BCUT2D eigenvalue weighted by molar-refractivity contribution is 5.93. The molecular formula is C19H23N3O4. The number of hydrogen-bond acceptors (Lipinski definition) is 6. The van der Waals surface area contributed by atoms with Crippen molar-refractivity contribution in [1.29, 1.82) is 0 Å². The van der Waals surface area contributed by atoms with E-state index in [1.807, 2.05) is 51.1 Å². The van der Waals surface area contributed by atoms with Gasteiger partial charge in [-0.1, -0.05) is 18.2 Å². The van der Waals surface area contributed by atoms with Gasteiger partial charge in [0, 0.05) is 24.6 Å². The van der Waals surface area contributed by atoms with E-state index in [0.717, 1.165) is 5.56 Å². The number of carbonyl (C=O) groups excluding carboxylic acids is 2. The largest absolute Gasteiger partial charge is 0.444 e. The zero-order valence-electron chi connectivity index (χ0n) is 15.3. The number of aromatic nitrogens is 2. The molecule has 2 aromatic rings. The maximum atomic E-state index is 12.6. The highest BCUT2D eigenvalue weighted by atomic mass is 16.6. The Morgan fingerprint density at radius 3 is 2.38 bits per heavy atom. The van der Waals surface area contributed by atoms with E-state index in [9.17, 15) is 9.59 Å². The highest BCUT2D eigenvalue weighted by Crippen LogP contribution is 2.24.